The van der Waals surface area contributed by atoms with Crippen molar-refractivity contribution >= 4 is 34.2 Å². The maximum atomic E-state index is 13.2. The summed E-state index contributed by atoms with van der Waals surface area (Å²) in [5.41, 5.74) is 1.94. The summed E-state index contributed by atoms with van der Waals surface area (Å²) < 4.78 is 9.17. The zero-order chi connectivity index (χ0) is 25.0. The minimum atomic E-state index is -0.308. The first-order valence-corrected chi connectivity index (χ1v) is 12.3. The van der Waals surface area contributed by atoms with E-state index in [4.69, 9.17) is 9.84 Å². The van der Waals surface area contributed by atoms with Gasteiger partial charge in [-0.25, -0.2) is 4.98 Å². The van der Waals surface area contributed by atoms with Crippen molar-refractivity contribution < 1.29 is 14.3 Å². The topological polar surface area (TPSA) is 107 Å². The zero-order valence-electron chi connectivity index (χ0n) is 20.6. The van der Waals surface area contributed by atoms with Crippen molar-refractivity contribution in [1.29, 1.82) is 0 Å². The van der Waals surface area contributed by atoms with Gasteiger partial charge in [0.2, 0.25) is 5.91 Å². The van der Waals surface area contributed by atoms with Gasteiger partial charge in [-0.15, -0.1) is 0 Å². The molecule has 1 saturated heterocycles. The molecule has 0 unspecified atom stereocenters. The SMILES string of the molecule is COc1cc2nn([C@H]3CC[C@]4(CC(=O)N(C)C4)C[C@@H]3C)cc2cc1C(=O)Nc1cnc2cccnn12. The summed E-state index contributed by atoms with van der Waals surface area (Å²) >= 11 is 0. The molecular formula is C26H29N7O3. The number of aromatic nitrogens is 5. The molecule has 1 N–H and O–H groups in total. The van der Waals surface area contributed by atoms with E-state index in [-0.39, 0.29) is 23.3 Å². The average Bonchev–Trinajstić information content (AvgIpc) is 3.53. The summed E-state index contributed by atoms with van der Waals surface area (Å²) in [6.45, 7) is 3.10. The Morgan fingerprint density at radius 1 is 1.31 bits per heavy atom. The highest BCUT2D eigenvalue weighted by molar-refractivity contribution is 6.08. The maximum absolute atomic E-state index is 13.2. The lowest BCUT2D eigenvalue weighted by Crippen LogP contribution is -2.35. The van der Waals surface area contributed by atoms with Crippen molar-refractivity contribution in [2.45, 2.75) is 38.6 Å². The lowest BCUT2D eigenvalue weighted by molar-refractivity contribution is -0.126. The molecule has 2 aliphatic rings. The van der Waals surface area contributed by atoms with Crippen LogP contribution >= 0.6 is 0 Å². The number of ether oxygens (including phenoxy) is 1. The molecule has 1 aliphatic heterocycles. The predicted octanol–water partition coefficient (Wildman–Crippen LogP) is 3.55. The third kappa shape index (κ3) is 3.68. The Bertz CT molecular complexity index is 1490. The molecule has 36 heavy (non-hydrogen) atoms. The monoisotopic (exact) mass is 487 g/mol. The lowest BCUT2D eigenvalue weighted by Gasteiger charge is -2.40. The van der Waals surface area contributed by atoms with E-state index < -0.39 is 0 Å². The van der Waals surface area contributed by atoms with E-state index in [1.54, 1.807) is 30.1 Å². The van der Waals surface area contributed by atoms with Gasteiger partial charge in [0.25, 0.3) is 5.91 Å². The second-order valence-corrected chi connectivity index (χ2v) is 10.3. The van der Waals surface area contributed by atoms with Crippen molar-refractivity contribution in [2.75, 3.05) is 26.0 Å². The number of likely N-dealkylation sites (tertiary alicyclic amines) is 1. The first kappa shape index (κ1) is 22.5. The number of anilines is 1. The van der Waals surface area contributed by atoms with E-state index in [0.29, 0.717) is 35.1 Å². The molecule has 0 bridgehead atoms. The number of fused-ring (bicyclic) bond motifs is 2. The fourth-order valence-electron chi connectivity index (χ4n) is 6.15. The van der Waals surface area contributed by atoms with Gasteiger partial charge in [-0.1, -0.05) is 6.92 Å². The molecular weight excluding hydrogens is 458 g/mol. The smallest absolute Gasteiger partial charge is 0.260 e. The Kier molecular flexibility index (Phi) is 5.20. The van der Waals surface area contributed by atoms with Crippen molar-refractivity contribution in [2.24, 2.45) is 11.3 Å². The summed E-state index contributed by atoms with van der Waals surface area (Å²) in [4.78, 5) is 31.6. The molecule has 1 aliphatic carbocycles. The quantitative estimate of drug-likeness (QED) is 0.472. The fourth-order valence-corrected chi connectivity index (χ4v) is 6.15. The molecule has 10 heteroatoms. The summed E-state index contributed by atoms with van der Waals surface area (Å²) in [5.74, 6) is 1.27. The highest BCUT2D eigenvalue weighted by Crippen LogP contribution is 2.49. The van der Waals surface area contributed by atoms with Crippen molar-refractivity contribution in [3.05, 3.63) is 48.4 Å². The van der Waals surface area contributed by atoms with Gasteiger partial charge in [0, 0.05) is 43.9 Å². The highest BCUT2D eigenvalue weighted by Gasteiger charge is 2.46. The van der Waals surface area contributed by atoms with Gasteiger partial charge in [0.05, 0.1) is 30.4 Å². The van der Waals surface area contributed by atoms with E-state index in [1.165, 1.54) is 0 Å². The Hall–Kier alpha value is -3.95. The lowest BCUT2D eigenvalue weighted by atomic mass is 9.67. The summed E-state index contributed by atoms with van der Waals surface area (Å²) in [5, 5.41) is 12.9. The third-order valence-electron chi connectivity index (χ3n) is 7.85. The number of benzene rings is 1. The van der Waals surface area contributed by atoms with E-state index in [9.17, 15) is 9.59 Å². The first-order chi connectivity index (χ1) is 17.4. The van der Waals surface area contributed by atoms with Gasteiger partial charge in [-0.2, -0.15) is 14.7 Å². The number of carbonyl (C=O) groups excluding carboxylic acids is 2. The van der Waals surface area contributed by atoms with Crippen LogP contribution in [-0.2, 0) is 4.79 Å². The van der Waals surface area contributed by atoms with Gasteiger partial charge in [-0.05, 0) is 48.8 Å². The summed E-state index contributed by atoms with van der Waals surface area (Å²) in [6.07, 6.45) is 8.89. The largest absolute Gasteiger partial charge is 0.496 e. The Balaban J connectivity index is 1.26. The second kappa shape index (κ2) is 8.32. The van der Waals surface area contributed by atoms with Crippen LogP contribution in [-0.4, -0.2) is 61.8 Å². The molecule has 0 radical (unpaired) electrons. The summed E-state index contributed by atoms with van der Waals surface area (Å²) in [7, 11) is 3.45. The standard InChI is InChI=1S/C26H29N7O3/c1-16-11-26(12-24(34)31(2)15-26)7-6-20(16)32-14-17-9-18(21(36-3)10-19(17)30-32)25(35)29-23-13-27-22-5-4-8-28-33(22)23/h4-5,8-10,13-14,16,20H,6-7,11-12,15H2,1-3H3,(H,29,35)/t16-,20-,26+/m0/s1. The molecule has 6 rings (SSSR count). The molecule has 1 spiro atoms. The normalized spacial score (nSPS) is 24.2. The molecule has 186 valence electrons. The van der Waals surface area contributed by atoms with Crippen LogP contribution in [0.2, 0.25) is 0 Å². The van der Waals surface area contributed by atoms with Crippen molar-refractivity contribution in [3.63, 3.8) is 0 Å². The van der Waals surface area contributed by atoms with Crippen LogP contribution in [0.5, 0.6) is 5.75 Å². The molecule has 10 nitrogen and oxygen atoms in total. The van der Waals surface area contributed by atoms with E-state index in [2.05, 4.69) is 22.3 Å². The number of hydrogen-bond acceptors (Lipinski definition) is 6. The molecule has 4 aromatic rings. The van der Waals surface area contributed by atoms with Crippen molar-refractivity contribution in [3.8, 4) is 5.75 Å². The zero-order valence-corrected chi connectivity index (χ0v) is 20.6. The molecule has 2 fully saturated rings. The van der Waals surface area contributed by atoms with Crippen LogP contribution < -0.4 is 10.1 Å². The number of nitrogens with zero attached hydrogens (tertiary/aromatic N) is 6. The fraction of sp³-hybridized carbons (Fsp3) is 0.423. The second-order valence-electron chi connectivity index (χ2n) is 10.3. The van der Waals surface area contributed by atoms with E-state index in [1.807, 2.05) is 41.0 Å². The number of amides is 2. The third-order valence-corrected chi connectivity index (χ3v) is 7.85. The van der Waals surface area contributed by atoms with Crippen molar-refractivity contribution in [1.82, 2.24) is 29.3 Å². The Morgan fingerprint density at radius 2 is 2.17 bits per heavy atom. The number of imidazole rings is 1. The van der Waals surface area contributed by atoms with E-state index in [0.717, 1.165) is 36.7 Å². The highest BCUT2D eigenvalue weighted by atomic mass is 16.5. The number of nitrogens with one attached hydrogen (secondary N) is 1. The van der Waals surface area contributed by atoms with Crippen LogP contribution in [0.25, 0.3) is 16.6 Å². The molecule has 2 amide bonds. The number of rotatable bonds is 4. The van der Waals surface area contributed by atoms with Crippen LogP contribution in [0.1, 0.15) is 49.0 Å². The predicted molar refractivity (Wildman–Crippen MR) is 134 cm³/mol. The van der Waals surface area contributed by atoms with Gasteiger partial charge in [-0.3, -0.25) is 14.3 Å². The van der Waals surface area contributed by atoms with Crippen LogP contribution in [0, 0.1) is 11.3 Å². The van der Waals surface area contributed by atoms with Crippen LogP contribution in [0.3, 0.4) is 0 Å². The van der Waals surface area contributed by atoms with Crippen LogP contribution in [0.15, 0.2) is 42.9 Å². The molecule has 1 aromatic carbocycles. The van der Waals surface area contributed by atoms with Gasteiger partial charge in [0.15, 0.2) is 11.5 Å². The van der Waals surface area contributed by atoms with E-state index >= 15 is 0 Å². The van der Waals surface area contributed by atoms with Gasteiger partial charge < -0.3 is 15.0 Å². The Morgan fingerprint density at radius 3 is 2.92 bits per heavy atom. The maximum Gasteiger partial charge on any atom is 0.260 e. The number of hydrogen-bond donors (Lipinski definition) is 1. The minimum absolute atomic E-state index is 0.0928. The van der Waals surface area contributed by atoms with Gasteiger partial charge in [0.1, 0.15) is 5.75 Å². The molecule has 3 aromatic heterocycles. The number of carbonyl (C=O) groups is 2. The molecule has 4 heterocycles. The Labute approximate surface area is 208 Å². The van der Waals surface area contributed by atoms with Gasteiger partial charge >= 0.3 is 0 Å². The summed E-state index contributed by atoms with van der Waals surface area (Å²) in [6, 6.07) is 7.49. The molecule has 3 atom stereocenters. The number of methoxy groups -OCH3 is 1. The van der Waals surface area contributed by atoms with Crippen LogP contribution in [0.4, 0.5) is 5.82 Å². The first-order valence-electron chi connectivity index (χ1n) is 12.3. The minimum Gasteiger partial charge on any atom is -0.496 e. The molecule has 1 saturated carbocycles. The average molecular weight is 488 g/mol.